The molecule has 1 atom stereocenters. The van der Waals surface area contributed by atoms with E-state index in [0.717, 1.165) is 32.2 Å². The van der Waals surface area contributed by atoms with Crippen LogP contribution in [-0.2, 0) is 9.59 Å². The molecule has 1 aliphatic rings. The molecule has 5 nitrogen and oxygen atoms in total. The van der Waals surface area contributed by atoms with E-state index in [9.17, 15) is 9.59 Å². The number of likely N-dealkylation sites (tertiary alicyclic amines) is 1. The van der Waals surface area contributed by atoms with E-state index in [0.29, 0.717) is 6.04 Å². The average Bonchev–Trinajstić information content (AvgIpc) is 2.36. The lowest BCUT2D eigenvalue weighted by molar-refractivity contribution is -0.135. The van der Waals surface area contributed by atoms with E-state index in [-0.39, 0.29) is 24.9 Å². The number of carbonyl (C=O) groups is 2. The van der Waals surface area contributed by atoms with Gasteiger partial charge in [-0.25, -0.2) is 0 Å². The summed E-state index contributed by atoms with van der Waals surface area (Å²) in [5.41, 5.74) is 5.17. The molecule has 1 fully saturated rings. The molecule has 2 amide bonds. The normalized spacial score (nSPS) is 20.1. The molecule has 0 bridgehead atoms. The number of amides is 2. The highest BCUT2D eigenvalue weighted by atomic mass is 16.2. The third kappa shape index (κ3) is 4.34. The molecular weight excluding hydrogens is 218 g/mol. The lowest BCUT2D eigenvalue weighted by atomic mass is 9.98. The van der Waals surface area contributed by atoms with Crippen molar-refractivity contribution < 1.29 is 9.59 Å². The summed E-state index contributed by atoms with van der Waals surface area (Å²) in [4.78, 5) is 24.9. The highest BCUT2D eigenvalue weighted by molar-refractivity contribution is 5.85. The fourth-order valence-electron chi connectivity index (χ4n) is 2.31. The number of rotatable bonds is 5. The molecule has 0 saturated carbocycles. The smallest absolute Gasteiger partial charge is 0.242 e. The summed E-state index contributed by atoms with van der Waals surface area (Å²) in [5, 5.41) is 2.54. The molecule has 5 heteroatoms. The first-order valence-corrected chi connectivity index (χ1v) is 6.45. The molecular formula is C12H23N3O2. The number of nitrogens with one attached hydrogen (secondary N) is 1. The summed E-state index contributed by atoms with van der Waals surface area (Å²) in [6, 6.07) is 0.357. The fraction of sp³-hybridized carbons (Fsp3) is 0.833. The Morgan fingerprint density at radius 1 is 1.41 bits per heavy atom. The minimum Gasteiger partial charge on any atom is -0.346 e. The van der Waals surface area contributed by atoms with Gasteiger partial charge in [-0.3, -0.25) is 9.59 Å². The van der Waals surface area contributed by atoms with Crippen LogP contribution in [0, 0.1) is 0 Å². The Morgan fingerprint density at radius 3 is 2.82 bits per heavy atom. The van der Waals surface area contributed by atoms with E-state index in [1.807, 2.05) is 4.90 Å². The average molecular weight is 241 g/mol. The van der Waals surface area contributed by atoms with Crippen LogP contribution < -0.4 is 11.1 Å². The van der Waals surface area contributed by atoms with Gasteiger partial charge in [0.2, 0.25) is 11.8 Å². The minimum atomic E-state index is -0.276. The Morgan fingerprint density at radius 2 is 2.18 bits per heavy atom. The maximum absolute atomic E-state index is 12.0. The van der Waals surface area contributed by atoms with Crippen molar-refractivity contribution in [3.8, 4) is 0 Å². The second-order valence-electron chi connectivity index (χ2n) is 4.51. The van der Waals surface area contributed by atoms with Crippen molar-refractivity contribution in [1.29, 1.82) is 0 Å². The van der Waals surface area contributed by atoms with Gasteiger partial charge in [-0.1, -0.05) is 13.3 Å². The number of nitrogens with zero attached hydrogens (tertiary/aromatic N) is 1. The monoisotopic (exact) mass is 241 g/mol. The Bertz CT molecular complexity index is 266. The van der Waals surface area contributed by atoms with Crippen LogP contribution in [0.5, 0.6) is 0 Å². The zero-order chi connectivity index (χ0) is 12.7. The number of hydrogen-bond donors (Lipinski definition) is 2. The van der Waals surface area contributed by atoms with Gasteiger partial charge in [0, 0.05) is 12.6 Å². The van der Waals surface area contributed by atoms with Crippen molar-refractivity contribution in [2.75, 3.05) is 19.6 Å². The first-order chi connectivity index (χ1) is 8.19. The van der Waals surface area contributed by atoms with Crippen molar-refractivity contribution >= 4 is 11.8 Å². The maximum Gasteiger partial charge on any atom is 0.242 e. The van der Waals surface area contributed by atoms with Crippen LogP contribution in [0.25, 0.3) is 0 Å². The Hall–Kier alpha value is -1.10. The quantitative estimate of drug-likeness (QED) is 0.724. The van der Waals surface area contributed by atoms with Gasteiger partial charge < -0.3 is 16.0 Å². The Labute approximate surface area is 103 Å². The second-order valence-corrected chi connectivity index (χ2v) is 4.51. The molecule has 0 aliphatic carbocycles. The van der Waals surface area contributed by atoms with Crippen LogP contribution in [-0.4, -0.2) is 42.4 Å². The van der Waals surface area contributed by atoms with Crippen LogP contribution in [0.1, 0.15) is 39.0 Å². The zero-order valence-corrected chi connectivity index (χ0v) is 10.6. The lowest BCUT2D eigenvalue weighted by Crippen LogP contribution is -2.48. The van der Waals surface area contributed by atoms with Gasteiger partial charge in [-0.15, -0.1) is 0 Å². The number of nitrogens with two attached hydrogens (primary N) is 1. The van der Waals surface area contributed by atoms with E-state index in [1.54, 1.807) is 0 Å². The fourth-order valence-corrected chi connectivity index (χ4v) is 2.31. The molecule has 1 rings (SSSR count). The summed E-state index contributed by atoms with van der Waals surface area (Å²) in [6.45, 7) is 2.97. The summed E-state index contributed by atoms with van der Waals surface area (Å²) in [5.74, 6) is -0.257. The minimum absolute atomic E-state index is 0.0185. The predicted octanol–water partition coefficient (Wildman–Crippen LogP) is 0.243. The first-order valence-electron chi connectivity index (χ1n) is 6.45. The third-order valence-corrected chi connectivity index (χ3v) is 3.19. The van der Waals surface area contributed by atoms with Gasteiger partial charge in [0.1, 0.15) is 0 Å². The largest absolute Gasteiger partial charge is 0.346 e. The maximum atomic E-state index is 12.0. The van der Waals surface area contributed by atoms with Gasteiger partial charge in [-0.05, 0) is 25.7 Å². The number of hydrogen-bond acceptors (Lipinski definition) is 3. The van der Waals surface area contributed by atoms with Crippen molar-refractivity contribution in [2.24, 2.45) is 5.73 Å². The molecule has 98 valence electrons. The summed E-state index contributed by atoms with van der Waals surface area (Å²) in [7, 11) is 0. The van der Waals surface area contributed by atoms with Crippen LogP contribution in [0.15, 0.2) is 0 Å². The predicted molar refractivity (Wildman–Crippen MR) is 66.3 cm³/mol. The van der Waals surface area contributed by atoms with Crippen LogP contribution in [0.4, 0.5) is 0 Å². The molecule has 17 heavy (non-hydrogen) atoms. The highest BCUT2D eigenvalue weighted by Crippen LogP contribution is 2.20. The van der Waals surface area contributed by atoms with Crippen molar-refractivity contribution in [3.63, 3.8) is 0 Å². The van der Waals surface area contributed by atoms with Gasteiger partial charge in [0.25, 0.3) is 0 Å². The Kier molecular flexibility index (Phi) is 5.97. The summed E-state index contributed by atoms with van der Waals surface area (Å²) in [6.07, 6.45) is 5.49. The van der Waals surface area contributed by atoms with E-state index >= 15 is 0 Å². The van der Waals surface area contributed by atoms with Crippen LogP contribution in [0.2, 0.25) is 0 Å². The lowest BCUT2D eigenvalue weighted by Gasteiger charge is -2.35. The number of carbonyl (C=O) groups excluding carboxylic acids is 2. The topological polar surface area (TPSA) is 75.4 Å². The molecule has 0 aromatic carbocycles. The molecule has 0 aromatic rings. The Balaban J connectivity index is 2.44. The molecule has 0 radical (unpaired) electrons. The van der Waals surface area contributed by atoms with Gasteiger partial charge >= 0.3 is 0 Å². The standard InChI is InChI=1S/C12H23N3O2/c1-2-5-10-6-3-4-7-15(10)12(17)9-14-11(16)8-13/h10H,2-9,13H2,1H3,(H,14,16). The molecule has 0 aromatic heterocycles. The summed E-state index contributed by atoms with van der Waals surface area (Å²) >= 11 is 0. The second kappa shape index (κ2) is 7.27. The number of piperidine rings is 1. The SMILES string of the molecule is CCCC1CCCCN1C(=O)CNC(=O)CN. The molecule has 1 saturated heterocycles. The molecule has 1 unspecified atom stereocenters. The third-order valence-electron chi connectivity index (χ3n) is 3.19. The van der Waals surface area contributed by atoms with E-state index in [4.69, 9.17) is 5.73 Å². The molecule has 0 spiro atoms. The van der Waals surface area contributed by atoms with Gasteiger partial charge in [0.15, 0.2) is 0 Å². The molecule has 1 aliphatic heterocycles. The van der Waals surface area contributed by atoms with E-state index in [1.165, 1.54) is 6.42 Å². The zero-order valence-electron chi connectivity index (χ0n) is 10.6. The molecule has 1 heterocycles. The first kappa shape index (κ1) is 14.0. The van der Waals surface area contributed by atoms with Crippen molar-refractivity contribution in [2.45, 2.75) is 45.1 Å². The van der Waals surface area contributed by atoms with E-state index < -0.39 is 0 Å². The highest BCUT2D eigenvalue weighted by Gasteiger charge is 2.25. The van der Waals surface area contributed by atoms with Crippen molar-refractivity contribution in [1.82, 2.24) is 10.2 Å². The van der Waals surface area contributed by atoms with Crippen molar-refractivity contribution in [3.05, 3.63) is 0 Å². The van der Waals surface area contributed by atoms with Gasteiger partial charge in [0.05, 0.1) is 13.1 Å². The van der Waals surface area contributed by atoms with Gasteiger partial charge in [-0.2, -0.15) is 0 Å². The molecule has 3 N–H and O–H groups in total. The summed E-state index contributed by atoms with van der Waals surface area (Å²) < 4.78 is 0. The van der Waals surface area contributed by atoms with Crippen LogP contribution >= 0.6 is 0 Å². The van der Waals surface area contributed by atoms with E-state index in [2.05, 4.69) is 12.2 Å². The van der Waals surface area contributed by atoms with Crippen LogP contribution in [0.3, 0.4) is 0 Å².